The maximum absolute atomic E-state index is 13.3. The van der Waals surface area contributed by atoms with Gasteiger partial charge < -0.3 is 19.5 Å². The number of benzene rings is 1. The topological polar surface area (TPSA) is 82.9 Å². The Morgan fingerprint density at radius 3 is 2.55 bits per heavy atom. The van der Waals surface area contributed by atoms with Crippen LogP contribution in [0.3, 0.4) is 0 Å². The summed E-state index contributed by atoms with van der Waals surface area (Å²) in [7, 11) is 0. The van der Waals surface area contributed by atoms with E-state index in [0.29, 0.717) is 24.5 Å². The Bertz CT molecular complexity index is 965. The molecule has 1 atom stereocenters. The molecule has 7 nitrogen and oxygen atoms in total. The molecule has 1 aromatic carbocycles. The third kappa shape index (κ3) is 4.95. The molecule has 3 heterocycles. The van der Waals surface area contributed by atoms with Crippen LogP contribution < -0.4 is 10.2 Å². The average molecular weight is 442 g/mol. The van der Waals surface area contributed by atoms with Crippen LogP contribution in [0, 0.1) is 6.92 Å². The van der Waals surface area contributed by atoms with Gasteiger partial charge in [0.1, 0.15) is 18.1 Å². The zero-order chi connectivity index (χ0) is 21.8. The molecule has 1 N–H and O–H groups in total. The quantitative estimate of drug-likeness (QED) is 0.721. The van der Waals surface area contributed by atoms with E-state index in [1.54, 1.807) is 0 Å². The first-order valence-corrected chi connectivity index (χ1v) is 11.6. The molecule has 2 aromatic rings. The molecule has 0 unspecified atom stereocenters. The first-order chi connectivity index (χ1) is 15.0. The predicted octanol–water partition coefficient (Wildman–Crippen LogP) is 3.11. The van der Waals surface area contributed by atoms with Crippen LogP contribution in [-0.4, -0.2) is 47.5 Å². The normalized spacial score (nSPS) is 19.0. The number of amides is 3. The van der Waals surface area contributed by atoms with E-state index in [1.165, 1.54) is 16.7 Å². The molecule has 2 aliphatic heterocycles. The summed E-state index contributed by atoms with van der Waals surface area (Å²) in [6.07, 6.45) is 4.15. The molecule has 4 rings (SSSR count). The minimum Gasteiger partial charge on any atom is -0.465 e. The van der Waals surface area contributed by atoms with E-state index < -0.39 is 5.25 Å². The van der Waals surface area contributed by atoms with Gasteiger partial charge in [-0.15, -0.1) is 11.8 Å². The van der Waals surface area contributed by atoms with Crippen molar-refractivity contribution in [2.24, 2.45) is 0 Å². The second kappa shape index (κ2) is 9.60. The number of carbonyl (C=O) groups excluding carboxylic acids is 3. The van der Waals surface area contributed by atoms with Gasteiger partial charge in [0.25, 0.3) is 5.91 Å². The highest BCUT2D eigenvalue weighted by atomic mass is 32.2. The number of furan rings is 1. The highest BCUT2D eigenvalue weighted by Crippen LogP contribution is 2.39. The van der Waals surface area contributed by atoms with E-state index in [-0.39, 0.29) is 30.8 Å². The number of carbonyl (C=O) groups is 3. The van der Waals surface area contributed by atoms with Crippen molar-refractivity contribution in [1.29, 1.82) is 0 Å². The largest absolute Gasteiger partial charge is 0.465 e. The number of nitrogens with zero attached hydrogens (tertiary/aromatic N) is 2. The van der Waals surface area contributed by atoms with Gasteiger partial charge in [0.2, 0.25) is 11.8 Å². The molecule has 0 saturated carbocycles. The Balaban J connectivity index is 1.49. The van der Waals surface area contributed by atoms with E-state index in [0.717, 1.165) is 36.3 Å². The van der Waals surface area contributed by atoms with Gasteiger partial charge in [-0.1, -0.05) is 25.0 Å². The van der Waals surface area contributed by atoms with Crippen LogP contribution >= 0.6 is 11.8 Å². The Hall–Kier alpha value is -2.74. The molecule has 2 aliphatic rings. The van der Waals surface area contributed by atoms with Gasteiger partial charge in [-0.3, -0.25) is 14.4 Å². The molecule has 0 bridgehead atoms. The summed E-state index contributed by atoms with van der Waals surface area (Å²) >= 11 is 1.29. The molecule has 1 saturated heterocycles. The van der Waals surface area contributed by atoms with Crippen molar-refractivity contribution >= 4 is 35.2 Å². The summed E-state index contributed by atoms with van der Waals surface area (Å²) in [4.78, 5) is 43.3. The number of fused-ring (bicyclic) bond motifs is 1. The summed E-state index contributed by atoms with van der Waals surface area (Å²) < 4.78 is 5.48. The van der Waals surface area contributed by atoms with E-state index >= 15 is 0 Å². The summed E-state index contributed by atoms with van der Waals surface area (Å²) in [5.74, 6) is 0.646. The number of hydrogen-bond acceptors (Lipinski definition) is 5. The van der Waals surface area contributed by atoms with Crippen LogP contribution in [-0.2, 0) is 20.9 Å². The number of aryl methyl sites for hydroxylation is 1. The molecule has 3 amide bonds. The monoisotopic (exact) mass is 441 g/mol. The molecule has 1 aromatic heterocycles. The maximum atomic E-state index is 13.3. The van der Waals surface area contributed by atoms with Crippen molar-refractivity contribution in [2.45, 2.75) is 49.3 Å². The standard InChI is InChI=1S/C23H27N3O4S/c1-16-10-11-17(30-16)14-24-20(27)15-26-18-8-4-5-9-19(18)31-21(23(26)29)22(28)25-12-6-2-3-7-13-25/h4-5,8-11,21H,2-3,6-7,12-15H2,1H3,(H,24,27)/t21-/m1/s1. The smallest absolute Gasteiger partial charge is 0.250 e. The van der Waals surface area contributed by atoms with Crippen molar-refractivity contribution < 1.29 is 18.8 Å². The summed E-state index contributed by atoms with van der Waals surface area (Å²) in [6, 6.07) is 11.1. The number of nitrogens with one attached hydrogen (secondary N) is 1. The van der Waals surface area contributed by atoms with Crippen molar-refractivity contribution in [3.8, 4) is 0 Å². The van der Waals surface area contributed by atoms with Gasteiger partial charge in [-0.05, 0) is 44.0 Å². The van der Waals surface area contributed by atoms with Gasteiger partial charge in [0.05, 0.1) is 12.2 Å². The van der Waals surface area contributed by atoms with Crippen LogP contribution in [0.15, 0.2) is 45.7 Å². The fourth-order valence-corrected chi connectivity index (χ4v) is 5.15. The Morgan fingerprint density at radius 2 is 1.84 bits per heavy atom. The molecule has 1 fully saturated rings. The average Bonchev–Trinajstić information content (AvgIpc) is 3.01. The number of anilines is 1. The van der Waals surface area contributed by atoms with E-state index in [1.807, 2.05) is 48.2 Å². The highest BCUT2D eigenvalue weighted by molar-refractivity contribution is 8.01. The Kier molecular flexibility index (Phi) is 6.65. The van der Waals surface area contributed by atoms with Crippen molar-refractivity contribution in [3.63, 3.8) is 0 Å². The lowest BCUT2D eigenvalue weighted by atomic mass is 10.2. The molecule has 31 heavy (non-hydrogen) atoms. The van der Waals surface area contributed by atoms with Gasteiger partial charge in [-0.25, -0.2) is 0 Å². The highest BCUT2D eigenvalue weighted by Gasteiger charge is 2.40. The zero-order valence-corrected chi connectivity index (χ0v) is 18.5. The van der Waals surface area contributed by atoms with Crippen molar-refractivity contribution in [1.82, 2.24) is 10.2 Å². The van der Waals surface area contributed by atoms with E-state index in [9.17, 15) is 14.4 Å². The van der Waals surface area contributed by atoms with Crippen LogP contribution in [0.25, 0.3) is 0 Å². The minimum atomic E-state index is -0.853. The molecule has 0 spiro atoms. The molecule has 164 valence electrons. The summed E-state index contributed by atoms with van der Waals surface area (Å²) in [5.41, 5.74) is 0.668. The molecular weight excluding hydrogens is 414 g/mol. The second-order valence-electron chi connectivity index (χ2n) is 7.92. The second-order valence-corrected chi connectivity index (χ2v) is 9.07. The minimum absolute atomic E-state index is 0.139. The Labute approximate surface area is 186 Å². The first-order valence-electron chi connectivity index (χ1n) is 10.7. The van der Waals surface area contributed by atoms with Crippen molar-refractivity contribution in [3.05, 3.63) is 47.9 Å². The fraction of sp³-hybridized carbons (Fsp3) is 0.435. The lowest BCUT2D eigenvalue weighted by Gasteiger charge is -2.34. The lowest BCUT2D eigenvalue weighted by Crippen LogP contribution is -2.52. The van der Waals surface area contributed by atoms with Gasteiger partial charge >= 0.3 is 0 Å². The van der Waals surface area contributed by atoms with Crippen LogP contribution in [0.4, 0.5) is 5.69 Å². The number of likely N-dealkylation sites (tertiary alicyclic amines) is 1. The fourth-order valence-electron chi connectivity index (χ4n) is 3.96. The third-order valence-electron chi connectivity index (χ3n) is 5.59. The van der Waals surface area contributed by atoms with E-state index in [4.69, 9.17) is 4.42 Å². The molecule has 8 heteroatoms. The van der Waals surface area contributed by atoms with Gasteiger partial charge in [0, 0.05) is 18.0 Å². The van der Waals surface area contributed by atoms with Gasteiger partial charge in [0.15, 0.2) is 5.25 Å². The van der Waals surface area contributed by atoms with Crippen LogP contribution in [0.5, 0.6) is 0 Å². The molecular formula is C23H27N3O4S. The van der Waals surface area contributed by atoms with Crippen LogP contribution in [0.2, 0.25) is 0 Å². The van der Waals surface area contributed by atoms with Crippen molar-refractivity contribution in [2.75, 3.05) is 24.5 Å². The molecule has 0 radical (unpaired) electrons. The first kappa shape index (κ1) is 21.5. The Morgan fingerprint density at radius 1 is 1.10 bits per heavy atom. The third-order valence-corrected chi connectivity index (χ3v) is 6.83. The summed E-state index contributed by atoms with van der Waals surface area (Å²) in [6.45, 7) is 3.33. The molecule has 0 aliphatic carbocycles. The van der Waals surface area contributed by atoms with Crippen LogP contribution in [0.1, 0.15) is 37.2 Å². The number of hydrogen-bond donors (Lipinski definition) is 1. The number of thioether (sulfide) groups is 1. The summed E-state index contributed by atoms with van der Waals surface area (Å²) in [5, 5.41) is 1.94. The predicted molar refractivity (Wildman–Crippen MR) is 119 cm³/mol. The number of para-hydroxylation sites is 1. The lowest BCUT2D eigenvalue weighted by molar-refractivity contribution is -0.135. The van der Waals surface area contributed by atoms with E-state index in [2.05, 4.69) is 5.32 Å². The SMILES string of the molecule is Cc1ccc(CNC(=O)CN2C(=O)[C@@H](C(=O)N3CCCCCC3)Sc3ccccc32)o1. The van der Waals surface area contributed by atoms with Gasteiger partial charge in [-0.2, -0.15) is 0 Å². The zero-order valence-electron chi connectivity index (χ0n) is 17.6. The number of rotatable bonds is 5. The maximum Gasteiger partial charge on any atom is 0.250 e.